The molecule has 46 heavy (non-hydrogen) atoms. The van der Waals surface area contributed by atoms with E-state index < -0.39 is 28.5 Å². The molecule has 0 saturated heterocycles. The van der Waals surface area contributed by atoms with E-state index in [4.69, 9.17) is 0 Å². The molecule has 4 aromatic rings. The van der Waals surface area contributed by atoms with Gasteiger partial charge in [0.1, 0.15) is 12.6 Å². The maximum absolute atomic E-state index is 14.7. The van der Waals surface area contributed by atoms with Crippen LogP contribution in [0.3, 0.4) is 0 Å². The van der Waals surface area contributed by atoms with Gasteiger partial charge in [-0.3, -0.25) is 13.9 Å². The van der Waals surface area contributed by atoms with Crippen LogP contribution in [-0.2, 0) is 32.6 Å². The Balaban J connectivity index is 1.83. The number of amides is 2. The summed E-state index contributed by atoms with van der Waals surface area (Å²) in [7, 11) is -4.16. The van der Waals surface area contributed by atoms with E-state index in [-0.39, 0.29) is 29.8 Å². The zero-order valence-corrected chi connectivity index (χ0v) is 28.5. The molecule has 0 aliphatic rings. The second-order valence-electron chi connectivity index (χ2n) is 12.1. The van der Waals surface area contributed by atoms with Crippen molar-refractivity contribution in [3.05, 3.63) is 130 Å². The minimum atomic E-state index is -4.16. The molecule has 2 atom stereocenters. The number of nitrogens with zero attached hydrogens (tertiary/aromatic N) is 2. The fourth-order valence-electron chi connectivity index (χ4n) is 5.22. The van der Waals surface area contributed by atoms with Crippen molar-refractivity contribution in [3.8, 4) is 0 Å². The Hall–Kier alpha value is -4.43. The van der Waals surface area contributed by atoms with Crippen molar-refractivity contribution in [1.29, 1.82) is 0 Å². The van der Waals surface area contributed by atoms with E-state index in [2.05, 4.69) is 5.32 Å². The summed E-state index contributed by atoms with van der Waals surface area (Å²) in [6.45, 7) is 11.2. The van der Waals surface area contributed by atoms with Gasteiger partial charge in [0.2, 0.25) is 11.8 Å². The molecule has 0 saturated carbocycles. The van der Waals surface area contributed by atoms with Crippen LogP contribution in [0.15, 0.2) is 102 Å². The number of sulfonamides is 1. The van der Waals surface area contributed by atoms with E-state index in [1.807, 2.05) is 108 Å². The second kappa shape index (κ2) is 15.2. The molecule has 0 aromatic heterocycles. The van der Waals surface area contributed by atoms with Crippen molar-refractivity contribution in [2.45, 2.75) is 77.9 Å². The second-order valence-corrected chi connectivity index (χ2v) is 14.0. The first-order chi connectivity index (χ1) is 21.9. The molecule has 1 N–H and O–H groups in total. The zero-order chi connectivity index (χ0) is 33.4. The molecule has 242 valence electrons. The van der Waals surface area contributed by atoms with Crippen LogP contribution in [0.4, 0.5) is 5.69 Å². The van der Waals surface area contributed by atoms with Gasteiger partial charge in [0.15, 0.2) is 0 Å². The summed E-state index contributed by atoms with van der Waals surface area (Å²) in [5, 5.41) is 3.08. The van der Waals surface area contributed by atoms with E-state index in [0.29, 0.717) is 5.69 Å². The van der Waals surface area contributed by atoms with Crippen LogP contribution in [-0.4, -0.2) is 43.8 Å². The largest absolute Gasteiger partial charge is 0.352 e. The lowest BCUT2D eigenvalue weighted by atomic mass is 10.0. The average Bonchev–Trinajstić information content (AvgIpc) is 3.04. The van der Waals surface area contributed by atoms with Crippen LogP contribution in [0.2, 0.25) is 0 Å². The van der Waals surface area contributed by atoms with Gasteiger partial charge in [0.05, 0.1) is 10.6 Å². The molecule has 4 rings (SSSR count). The van der Waals surface area contributed by atoms with Crippen molar-refractivity contribution < 1.29 is 18.0 Å². The summed E-state index contributed by atoms with van der Waals surface area (Å²) >= 11 is 0. The maximum atomic E-state index is 14.7. The first-order valence-corrected chi connectivity index (χ1v) is 17.2. The number of benzene rings is 4. The van der Waals surface area contributed by atoms with E-state index in [1.54, 1.807) is 30.3 Å². The molecule has 8 heteroatoms. The van der Waals surface area contributed by atoms with Gasteiger partial charge in [-0.15, -0.1) is 0 Å². The fourth-order valence-corrected chi connectivity index (χ4v) is 6.69. The van der Waals surface area contributed by atoms with Crippen molar-refractivity contribution in [2.24, 2.45) is 0 Å². The molecule has 0 heterocycles. The Morgan fingerprint density at radius 3 is 1.96 bits per heavy atom. The lowest BCUT2D eigenvalue weighted by molar-refractivity contribution is -0.140. The van der Waals surface area contributed by atoms with Gasteiger partial charge in [0.25, 0.3) is 10.0 Å². The van der Waals surface area contributed by atoms with E-state index >= 15 is 0 Å². The highest BCUT2D eigenvalue weighted by atomic mass is 32.2. The van der Waals surface area contributed by atoms with Gasteiger partial charge in [-0.2, -0.15) is 0 Å². The summed E-state index contributed by atoms with van der Waals surface area (Å²) in [6.07, 6.45) is 1.000. The third-order valence-electron chi connectivity index (χ3n) is 8.27. The number of aryl methyl sites for hydroxylation is 4. The van der Waals surface area contributed by atoms with Crippen LogP contribution >= 0.6 is 0 Å². The van der Waals surface area contributed by atoms with Crippen LogP contribution in [0.5, 0.6) is 0 Å². The summed E-state index contributed by atoms with van der Waals surface area (Å²) in [5.74, 6) is -0.754. The number of nitrogens with one attached hydrogen (secondary N) is 1. The quantitative estimate of drug-likeness (QED) is 0.177. The third kappa shape index (κ3) is 8.63. The molecular weight excluding hydrogens is 595 g/mol. The minimum Gasteiger partial charge on any atom is -0.352 e. The first-order valence-electron chi connectivity index (χ1n) is 15.7. The summed E-state index contributed by atoms with van der Waals surface area (Å²) < 4.78 is 29.8. The van der Waals surface area contributed by atoms with Crippen LogP contribution in [0.25, 0.3) is 0 Å². The first kappa shape index (κ1) is 34.4. The number of carbonyl (C=O) groups is 2. The van der Waals surface area contributed by atoms with Gasteiger partial charge in [0, 0.05) is 19.0 Å². The van der Waals surface area contributed by atoms with Gasteiger partial charge in [-0.25, -0.2) is 8.42 Å². The Labute approximate surface area is 274 Å². The highest BCUT2D eigenvalue weighted by Gasteiger charge is 2.35. The molecule has 0 bridgehead atoms. The number of hydrogen-bond donors (Lipinski definition) is 1. The molecular formula is C38H45N3O4S. The Bertz CT molecular complexity index is 1740. The molecule has 4 aromatic carbocycles. The Morgan fingerprint density at radius 1 is 0.761 bits per heavy atom. The van der Waals surface area contributed by atoms with Gasteiger partial charge in [-0.1, -0.05) is 96.9 Å². The van der Waals surface area contributed by atoms with Gasteiger partial charge >= 0.3 is 0 Å². The number of anilines is 1. The molecule has 0 unspecified atom stereocenters. The monoisotopic (exact) mass is 639 g/mol. The summed E-state index contributed by atoms with van der Waals surface area (Å²) in [4.78, 5) is 30.3. The third-order valence-corrected chi connectivity index (χ3v) is 10.0. The number of hydrogen-bond acceptors (Lipinski definition) is 4. The van der Waals surface area contributed by atoms with Gasteiger partial charge in [-0.05, 0) is 81.5 Å². The number of rotatable bonds is 13. The molecule has 7 nitrogen and oxygen atoms in total. The van der Waals surface area contributed by atoms with E-state index in [0.717, 1.165) is 39.8 Å². The van der Waals surface area contributed by atoms with E-state index in [9.17, 15) is 18.0 Å². The normalized spacial score (nSPS) is 12.7. The van der Waals surface area contributed by atoms with Crippen molar-refractivity contribution in [3.63, 3.8) is 0 Å². The predicted octanol–water partition coefficient (Wildman–Crippen LogP) is 6.67. The standard InChI is InChI=1S/C38H45N3O4S/c1-7-31(6)39-38(43)36(24-32-11-9-8-10-12-32)40(25-33-19-14-27(2)15-20-33)37(42)26-41(35-23-29(4)13-18-30(35)5)46(44,45)34-21-16-28(3)17-22-34/h8-23,31,36H,7,24-26H2,1-6H3,(H,39,43)/t31-,36+/m1/s1. The van der Waals surface area contributed by atoms with Crippen molar-refractivity contribution >= 4 is 27.5 Å². The SMILES string of the molecule is CC[C@@H](C)NC(=O)[C@H](Cc1ccccc1)N(Cc1ccc(C)cc1)C(=O)CN(c1cc(C)ccc1C)S(=O)(=O)c1ccc(C)cc1. The fraction of sp³-hybridized carbons (Fsp3) is 0.316. The lowest BCUT2D eigenvalue weighted by Crippen LogP contribution is -2.54. The molecule has 0 fully saturated rings. The number of carbonyl (C=O) groups excluding carboxylic acids is 2. The zero-order valence-electron chi connectivity index (χ0n) is 27.7. The molecule has 0 radical (unpaired) electrons. The van der Waals surface area contributed by atoms with Crippen molar-refractivity contribution in [1.82, 2.24) is 10.2 Å². The van der Waals surface area contributed by atoms with E-state index in [1.165, 1.54) is 9.21 Å². The summed E-state index contributed by atoms with van der Waals surface area (Å²) in [5.41, 5.74) is 5.74. The molecule has 0 spiro atoms. The predicted molar refractivity (Wildman–Crippen MR) is 185 cm³/mol. The van der Waals surface area contributed by atoms with Crippen LogP contribution in [0, 0.1) is 27.7 Å². The topological polar surface area (TPSA) is 86.8 Å². The summed E-state index contributed by atoms with van der Waals surface area (Å²) in [6, 6.07) is 28.6. The molecule has 0 aliphatic carbocycles. The minimum absolute atomic E-state index is 0.0900. The lowest BCUT2D eigenvalue weighted by Gasteiger charge is -2.34. The van der Waals surface area contributed by atoms with Gasteiger partial charge < -0.3 is 10.2 Å². The highest BCUT2D eigenvalue weighted by molar-refractivity contribution is 7.92. The Kier molecular flexibility index (Phi) is 11.4. The smallest absolute Gasteiger partial charge is 0.264 e. The molecule has 2 amide bonds. The molecule has 0 aliphatic heterocycles. The van der Waals surface area contributed by atoms with Crippen molar-refractivity contribution in [2.75, 3.05) is 10.8 Å². The van der Waals surface area contributed by atoms with Crippen LogP contribution < -0.4 is 9.62 Å². The Morgan fingerprint density at radius 2 is 1.35 bits per heavy atom. The van der Waals surface area contributed by atoms with Crippen LogP contribution in [0.1, 0.15) is 53.6 Å². The average molecular weight is 640 g/mol. The maximum Gasteiger partial charge on any atom is 0.264 e. The highest BCUT2D eigenvalue weighted by Crippen LogP contribution is 2.29.